The predicted octanol–water partition coefficient (Wildman–Crippen LogP) is 1.44. The highest BCUT2D eigenvalue weighted by molar-refractivity contribution is 6.30. The van der Waals surface area contributed by atoms with Crippen molar-refractivity contribution in [3.63, 3.8) is 0 Å². The number of aryl methyl sites for hydroxylation is 1. The molecule has 2 nitrogen and oxygen atoms in total. The lowest BCUT2D eigenvalue weighted by atomic mass is 9.87. The lowest BCUT2D eigenvalue weighted by Crippen LogP contribution is -2.56. The van der Waals surface area contributed by atoms with E-state index in [0.717, 1.165) is 11.1 Å². The number of halogens is 1. The second-order valence-corrected chi connectivity index (χ2v) is 4.09. The van der Waals surface area contributed by atoms with E-state index in [1.54, 1.807) is 0 Å². The van der Waals surface area contributed by atoms with Crippen LogP contribution in [0.1, 0.15) is 11.1 Å². The molecule has 0 unspecified atom stereocenters. The molecule has 0 spiro atoms. The third-order valence-corrected chi connectivity index (χ3v) is 2.63. The fourth-order valence-corrected chi connectivity index (χ4v) is 1.86. The van der Waals surface area contributed by atoms with Gasteiger partial charge in [0.2, 0.25) is 0 Å². The van der Waals surface area contributed by atoms with E-state index in [2.05, 4.69) is 5.32 Å². The third kappa shape index (κ3) is 1.57. The summed E-state index contributed by atoms with van der Waals surface area (Å²) in [6, 6.07) is 5.70. The van der Waals surface area contributed by atoms with Crippen molar-refractivity contribution in [2.45, 2.75) is 12.5 Å². The zero-order valence-corrected chi connectivity index (χ0v) is 8.23. The first-order chi connectivity index (χ1) is 6.10. The monoisotopic (exact) mass is 197 g/mol. The van der Waals surface area contributed by atoms with E-state index in [-0.39, 0.29) is 0 Å². The van der Waals surface area contributed by atoms with Crippen LogP contribution in [0.2, 0.25) is 5.02 Å². The maximum atomic E-state index is 10.0. The van der Waals surface area contributed by atoms with Crippen LogP contribution in [0.25, 0.3) is 0 Å². The summed E-state index contributed by atoms with van der Waals surface area (Å²) in [6.07, 6.45) is 0. The zero-order chi connectivity index (χ0) is 9.47. The SMILES string of the molecule is Cc1cc(Cl)cc(C2(O)CNC2)c1. The molecule has 70 valence electrons. The highest BCUT2D eigenvalue weighted by Gasteiger charge is 2.36. The van der Waals surface area contributed by atoms with Crippen LogP contribution < -0.4 is 5.32 Å². The van der Waals surface area contributed by atoms with E-state index in [0.29, 0.717) is 18.1 Å². The van der Waals surface area contributed by atoms with Gasteiger partial charge in [-0.1, -0.05) is 17.7 Å². The summed E-state index contributed by atoms with van der Waals surface area (Å²) < 4.78 is 0. The lowest BCUT2D eigenvalue weighted by molar-refractivity contribution is -0.0146. The smallest absolute Gasteiger partial charge is 0.114 e. The normalized spacial score (nSPS) is 19.6. The topological polar surface area (TPSA) is 32.3 Å². The molecule has 1 aromatic carbocycles. The predicted molar refractivity (Wildman–Crippen MR) is 53.0 cm³/mol. The molecule has 0 atom stereocenters. The van der Waals surface area contributed by atoms with Gasteiger partial charge in [0.05, 0.1) is 0 Å². The molecule has 2 rings (SSSR count). The number of benzene rings is 1. The average Bonchev–Trinajstić information content (AvgIpc) is 1.98. The van der Waals surface area contributed by atoms with Gasteiger partial charge in [0.1, 0.15) is 5.60 Å². The molecule has 1 fully saturated rings. The Bertz CT molecular complexity index is 313. The van der Waals surface area contributed by atoms with Crippen LogP contribution in [0.15, 0.2) is 18.2 Å². The van der Waals surface area contributed by atoms with Gasteiger partial charge in [0.25, 0.3) is 0 Å². The lowest BCUT2D eigenvalue weighted by Gasteiger charge is -2.38. The molecular weight excluding hydrogens is 186 g/mol. The molecule has 1 heterocycles. The molecule has 0 aliphatic carbocycles. The molecule has 0 saturated carbocycles. The van der Waals surface area contributed by atoms with Gasteiger partial charge in [-0.05, 0) is 30.2 Å². The summed E-state index contributed by atoms with van der Waals surface area (Å²) in [5.74, 6) is 0. The Morgan fingerprint density at radius 2 is 2.08 bits per heavy atom. The van der Waals surface area contributed by atoms with Crippen LogP contribution >= 0.6 is 11.6 Å². The maximum absolute atomic E-state index is 10.0. The third-order valence-electron chi connectivity index (χ3n) is 2.41. The van der Waals surface area contributed by atoms with E-state index >= 15 is 0 Å². The van der Waals surface area contributed by atoms with Crippen molar-refractivity contribution in [1.82, 2.24) is 5.32 Å². The molecule has 0 bridgehead atoms. The highest BCUT2D eigenvalue weighted by atomic mass is 35.5. The van der Waals surface area contributed by atoms with Crippen molar-refractivity contribution in [3.8, 4) is 0 Å². The Morgan fingerprint density at radius 3 is 2.54 bits per heavy atom. The zero-order valence-electron chi connectivity index (χ0n) is 7.47. The summed E-state index contributed by atoms with van der Waals surface area (Å²) in [7, 11) is 0. The summed E-state index contributed by atoms with van der Waals surface area (Å²) in [5, 5.41) is 13.7. The van der Waals surface area contributed by atoms with Crippen molar-refractivity contribution in [3.05, 3.63) is 34.3 Å². The number of aliphatic hydroxyl groups is 1. The van der Waals surface area contributed by atoms with Gasteiger partial charge in [-0.25, -0.2) is 0 Å². The van der Waals surface area contributed by atoms with Crippen LogP contribution in [0.5, 0.6) is 0 Å². The Labute approximate surface area is 82.5 Å². The van der Waals surface area contributed by atoms with E-state index in [4.69, 9.17) is 11.6 Å². The fraction of sp³-hybridized carbons (Fsp3) is 0.400. The van der Waals surface area contributed by atoms with Gasteiger partial charge in [-0.2, -0.15) is 0 Å². The van der Waals surface area contributed by atoms with Crippen molar-refractivity contribution in [2.75, 3.05) is 13.1 Å². The van der Waals surface area contributed by atoms with Crippen LogP contribution in [0, 0.1) is 6.92 Å². The highest BCUT2D eigenvalue weighted by Crippen LogP contribution is 2.28. The molecule has 1 saturated heterocycles. The molecule has 1 aliphatic heterocycles. The Balaban J connectivity index is 2.39. The largest absolute Gasteiger partial charge is 0.382 e. The number of β-amino-alcohol motifs (C(OH)–C–C–N with tert-alkyl or cyclic N) is 1. The first kappa shape index (κ1) is 9.00. The van der Waals surface area contributed by atoms with Crippen LogP contribution in [0.3, 0.4) is 0 Å². The van der Waals surface area contributed by atoms with Crippen molar-refractivity contribution in [2.24, 2.45) is 0 Å². The van der Waals surface area contributed by atoms with E-state index in [1.165, 1.54) is 0 Å². The number of hydrogen-bond acceptors (Lipinski definition) is 2. The number of nitrogens with one attached hydrogen (secondary N) is 1. The summed E-state index contributed by atoms with van der Waals surface area (Å²) in [5.41, 5.74) is 1.30. The van der Waals surface area contributed by atoms with Crippen molar-refractivity contribution >= 4 is 11.6 Å². The number of rotatable bonds is 1. The van der Waals surface area contributed by atoms with E-state index in [9.17, 15) is 5.11 Å². The Morgan fingerprint density at radius 1 is 1.38 bits per heavy atom. The second-order valence-electron chi connectivity index (χ2n) is 3.65. The van der Waals surface area contributed by atoms with Crippen LogP contribution in [-0.4, -0.2) is 18.2 Å². The summed E-state index contributed by atoms with van der Waals surface area (Å²) >= 11 is 5.91. The first-order valence-electron chi connectivity index (χ1n) is 4.31. The molecule has 0 aromatic heterocycles. The second kappa shape index (κ2) is 2.98. The maximum Gasteiger partial charge on any atom is 0.114 e. The standard InChI is InChI=1S/C10H12ClNO/c1-7-2-8(4-9(11)3-7)10(13)5-12-6-10/h2-4,12-13H,5-6H2,1H3. The molecule has 13 heavy (non-hydrogen) atoms. The van der Waals surface area contributed by atoms with E-state index < -0.39 is 5.60 Å². The molecule has 2 N–H and O–H groups in total. The van der Waals surface area contributed by atoms with Crippen LogP contribution in [-0.2, 0) is 5.60 Å². The van der Waals surface area contributed by atoms with Gasteiger partial charge < -0.3 is 10.4 Å². The molecule has 1 aromatic rings. The van der Waals surface area contributed by atoms with Crippen molar-refractivity contribution in [1.29, 1.82) is 0 Å². The minimum atomic E-state index is -0.699. The van der Waals surface area contributed by atoms with Gasteiger partial charge in [0, 0.05) is 18.1 Å². The summed E-state index contributed by atoms with van der Waals surface area (Å²) in [6.45, 7) is 3.21. The first-order valence-corrected chi connectivity index (χ1v) is 4.69. The molecular formula is C10H12ClNO. The van der Waals surface area contributed by atoms with Crippen LogP contribution in [0.4, 0.5) is 0 Å². The van der Waals surface area contributed by atoms with Gasteiger partial charge >= 0.3 is 0 Å². The van der Waals surface area contributed by atoms with E-state index in [1.807, 2.05) is 25.1 Å². The fourth-order valence-electron chi connectivity index (χ4n) is 1.57. The van der Waals surface area contributed by atoms with Gasteiger partial charge in [0.15, 0.2) is 0 Å². The quantitative estimate of drug-likeness (QED) is 0.714. The van der Waals surface area contributed by atoms with Gasteiger partial charge in [-0.15, -0.1) is 0 Å². The number of hydrogen-bond donors (Lipinski definition) is 2. The Hall–Kier alpha value is -0.570. The molecule has 0 amide bonds. The summed E-state index contributed by atoms with van der Waals surface area (Å²) in [4.78, 5) is 0. The minimum absolute atomic E-state index is 0.618. The molecule has 0 radical (unpaired) electrons. The molecule has 1 aliphatic rings. The average molecular weight is 198 g/mol. The molecule has 3 heteroatoms. The minimum Gasteiger partial charge on any atom is -0.382 e. The Kier molecular flexibility index (Phi) is 2.06. The van der Waals surface area contributed by atoms with Gasteiger partial charge in [-0.3, -0.25) is 0 Å². The van der Waals surface area contributed by atoms with Crippen molar-refractivity contribution < 1.29 is 5.11 Å².